The van der Waals surface area contributed by atoms with Crippen LogP contribution in [0.2, 0.25) is 0 Å². The van der Waals surface area contributed by atoms with Crippen molar-refractivity contribution in [2.45, 2.75) is 56.4 Å². The molecule has 0 spiro atoms. The Morgan fingerprint density at radius 3 is 2.44 bits per heavy atom. The summed E-state index contributed by atoms with van der Waals surface area (Å²) in [5, 5.41) is 2.83. The predicted molar refractivity (Wildman–Crippen MR) is 157 cm³/mol. The molecular formula is C31H35N3O6S. The fourth-order valence-electron chi connectivity index (χ4n) is 5.36. The molecule has 9 nitrogen and oxygen atoms in total. The molecule has 3 aromatic rings. The van der Waals surface area contributed by atoms with Gasteiger partial charge in [-0.25, -0.2) is 13.1 Å². The monoisotopic (exact) mass is 577 g/mol. The average molecular weight is 578 g/mol. The Labute approximate surface area is 240 Å². The van der Waals surface area contributed by atoms with Crippen molar-refractivity contribution in [2.75, 3.05) is 30.5 Å². The number of aryl methyl sites for hydroxylation is 1. The van der Waals surface area contributed by atoms with Crippen molar-refractivity contribution in [1.82, 2.24) is 4.72 Å². The SMILES string of the molecule is COc1ccc(C(=O)N2CCc3ccc(NC(=O)COc4ccc(S(=O)(=O)NC5CCCCC5)cc4C)cc32)cc1. The largest absolute Gasteiger partial charge is 0.497 e. The number of sulfonamides is 1. The molecule has 0 unspecified atom stereocenters. The van der Waals surface area contributed by atoms with Crippen LogP contribution in [0.25, 0.3) is 0 Å². The number of methoxy groups -OCH3 is 1. The van der Waals surface area contributed by atoms with Crippen LogP contribution in [0.5, 0.6) is 11.5 Å². The van der Waals surface area contributed by atoms with E-state index >= 15 is 0 Å². The van der Waals surface area contributed by atoms with Crippen molar-refractivity contribution in [1.29, 1.82) is 0 Å². The lowest BCUT2D eigenvalue weighted by Crippen LogP contribution is -2.36. The first-order chi connectivity index (χ1) is 19.7. The molecule has 0 bridgehead atoms. The zero-order valence-corrected chi connectivity index (χ0v) is 24.1. The lowest BCUT2D eigenvalue weighted by atomic mass is 9.96. The van der Waals surface area contributed by atoms with E-state index < -0.39 is 10.0 Å². The Hall–Kier alpha value is -3.89. The Kier molecular flexibility index (Phi) is 8.60. The number of nitrogens with zero attached hydrogens (tertiary/aromatic N) is 1. The summed E-state index contributed by atoms with van der Waals surface area (Å²) in [7, 11) is -2.05. The molecule has 0 aromatic heterocycles. The van der Waals surface area contributed by atoms with Crippen LogP contribution in [0.15, 0.2) is 65.6 Å². The van der Waals surface area contributed by atoms with Gasteiger partial charge in [-0.3, -0.25) is 9.59 Å². The van der Waals surface area contributed by atoms with Gasteiger partial charge in [-0.2, -0.15) is 0 Å². The highest BCUT2D eigenvalue weighted by Gasteiger charge is 2.26. The second-order valence-electron chi connectivity index (χ2n) is 10.5. The van der Waals surface area contributed by atoms with E-state index in [0.717, 1.165) is 49.8 Å². The second-order valence-corrected chi connectivity index (χ2v) is 12.2. The number of rotatable bonds is 9. The molecule has 1 fully saturated rings. The predicted octanol–water partition coefficient (Wildman–Crippen LogP) is 4.84. The normalized spacial score (nSPS) is 15.3. The molecule has 2 N–H and O–H groups in total. The van der Waals surface area contributed by atoms with Crippen LogP contribution in [0.4, 0.5) is 11.4 Å². The van der Waals surface area contributed by atoms with Crippen LogP contribution < -0.4 is 24.4 Å². The Morgan fingerprint density at radius 2 is 1.73 bits per heavy atom. The number of carbonyl (C=O) groups is 2. The van der Waals surface area contributed by atoms with Gasteiger partial charge in [0.05, 0.1) is 12.0 Å². The van der Waals surface area contributed by atoms with Crippen LogP contribution in [-0.4, -0.2) is 46.5 Å². The molecule has 0 saturated heterocycles. The number of amides is 2. The molecule has 1 heterocycles. The van der Waals surface area contributed by atoms with Gasteiger partial charge in [0.15, 0.2) is 6.61 Å². The minimum Gasteiger partial charge on any atom is -0.497 e. The van der Waals surface area contributed by atoms with Crippen molar-refractivity contribution in [2.24, 2.45) is 0 Å². The van der Waals surface area contributed by atoms with Gasteiger partial charge in [-0.05, 0) is 91.9 Å². The first kappa shape index (κ1) is 28.6. The Morgan fingerprint density at radius 1 is 0.976 bits per heavy atom. The highest BCUT2D eigenvalue weighted by atomic mass is 32.2. The van der Waals surface area contributed by atoms with Gasteiger partial charge in [0.2, 0.25) is 10.0 Å². The summed E-state index contributed by atoms with van der Waals surface area (Å²) in [6.07, 6.45) is 5.66. The molecule has 1 aliphatic heterocycles. The summed E-state index contributed by atoms with van der Waals surface area (Å²) >= 11 is 0. The standard InChI is InChI=1S/C31H35N3O6S/c1-21-18-27(41(37,38)33-24-6-4-3-5-7-24)14-15-29(21)40-20-30(35)32-25-11-8-22-16-17-34(28(22)19-25)31(36)23-9-12-26(39-2)13-10-23/h8-15,18-19,24,33H,3-7,16-17,20H2,1-2H3,(H,32,35). The van der Waals surface area contributed by atoms with E-state index in [-0.39, 0.29) is 29.4 Å². The lowest BCUT2D eigenvalue weighted by molar-refractivity contribution is -0.118. The molecule has 1 saturated carbocycles. The first-order valence-corrected chi connectivity index (χ1v) is 15.4. The van der Waals surface area contributed by atoms with Crippen molar-refractivity contribution in [3.05, 3.63) is 77.4 Å². The number of hydrogen-bond acceptors (Lipinski definition) is 6. The van der Waals surface area contributed by atoms with Gasteiger partial charge in [0.1, 0.15) is 11.5 Å². The third kappa shape index (κ3) is 6.71. The van der Waals surface area contributed by atoms with Crippen molar-refractivity contribution < 1.29 is 27.5 Å². The molecule has 3 aromatic carbocycles. The highest BCUT2D eigenvalue weighted by molar-refractivity contribution is 7.89. The van der Waals surface area contributed by atoms with E-state index in [1.807, 2.05) is 12.1 Å². The molecule has 2 aliphatic rings. The zero-order valence-electron chi connectivity index (χ0n) is 23.3. The van der Waals surface area contributed by atoms with Gasteiger partial charge in [-0.15, -0.1) is 0 Å². The third-order valence-electron chi connectivity index (χ3n) is 7.59. The third-order valence-corrected chi connectivity index (χ3v) is 9.11. The molecule has 5 rings (SSSR count). The fraction of sp³-hybridized carbons (Fsp3) is 0.355. The molecule has 0 radical (unpaired) electrons. The van der Waals surface area contributed by atoms with E-state index in [9.17, 15) is 18.0 Å². The van der Waals surface area contributed by atoms with E-state index in [2.05, 4.69) is 10.0 Å². The molecule has 1 aliphatic carbocycles. The summed E-state index contributed by atoms with van der Waals surface area (Å²) in [5.74, 6) is 0.625. The number of benzene rings is 3. The van der Waals surface area contributed by atoms with Crippen molar-refractivity contribution >= 4 is 33.2 Å². The number of ether oxygens (including phenoxy) is 2. The van der Waals surface area contributed by atoms with Crippen LogP contribution in [0.1, 0.15) is 53.6 Å². The molecule has 10 heteroatoms. The van der Waals surface area contributed by atoms with Gasteiger partial charge < -0.3 is 19.7 Å². The van der Waals surface area contributed by atoms with Crippen molar-refractivity contribution in [3.63, 3.8) is 0 Å². The molecule has 41 heavy (non-hydrogen) atoms. The zero-order chi connectivity index (χ0) is 29.0. The maximum Gasteiger partial charge on any atom is 0.262 e. The Balaban J connectivity index is 1.19. The molecular weight excluding hydrogens is 542 g/mol. The smallest absolute Gasteiger partial charge is 0.262 e. The van der Waals surface area contributed by atoms with Gasteiger partial charge >= 0.3 is 0 Å². The van der Waals surface area contributed by atoms with Crippen LogP contribution in [0, 0.1) is 6.92 Å². The maximum absolute atomic E-state index is 13.2. The Bertz CT molecular complexity index is 1530. The molecule has 0 atom stereocenters. The number of hydrogen-bond donors (Lipinski definition) is 2. The molecule has 2 amide bonds. The van der Waals surface area contributed by atoms with Crippen LogP contribution >= 0.6 is 0 Å². The van der Waals surface area contributed by atoms with Gasteiger partial charge in [0.25, 0.3) is 11.8 Å². The minimum absolute atomic E-state index is 0.0273. The maximum atomic E-state index is 13.2. The number of nitrogens with one attached hydrogen (secondary N) is 2. The number of carbonyl (C=O) groups excluding carboxylic acids is 2. The lowest BCUT2D eigenvalue weighted by Gasteiger charge is -2.22. The summed E-state index contributed by atoms with van der Waals surface area (Å²) in [5.41, 5.74) is 3.53. The summed E-state index contributed by atoms with van der Waals surface area (Å²) < 4.78 is 39.4. The van der Waals surface area contributed by atoms with E-state index in [1.54, 1.807) is 61.4 Å². The van der Waals surface area contributed by atoms with E-state index in [0.29, 0.717) is 34.9 Å². The van der Waals surface area contributed by atoms with E-state index in [1.165, 1.54) is 6.07 Å². The van der Waals surface area contributed by atoms with E-state index in [4.69, 9.17) is 9.47 Å². The minimum atomic E-state index is -3.63. The van der Waals surface area contributed by atoms with Crippen molar-refractivity contribution in [3.8, 4) is 11.5 Å². The van der Waals surface area contributed by atoms with Crippen LogP contribution in [-0.2, 0) is 21.2 Å². The second kappa shape index (κ2) is 12.3. The summed E-state index contributed by atoms with van der Waals surface area (Å²) in [6, 6.07) is 17.1. The fourth-order valence-corrected chi connectivity index (χ4v) is 6.75. The average Bonchev–Trinajstić information content (AvgIpc) is 3.39. The highest BCUT2D eigenvalue weighted by Crippen LogP contribution is 2.32. The van der Waals surface area contributed by atoms with Gasteiger partial charge in [0, 0.05) is 29.5 Å². The molecule has 216 valence electrons. The number of anilines is 2. The van der Waals surface area contributed by atoms with Gasteiger partial charge in [-0.1, -0.05) is 25.3 Å². The summed E-state index contributed by atoms with van der Waals surface area (Å²) in [4.78, 5) is 27.8. The number of fused-ring (bicyclic) bond motifs is 1. The first-order valence-electron chi connectivity index (χ1n) is 13.9. The topological polar surface area (TPSA) is 114 Å². The summed E-state index contributed by atoms with van der Waals surface area (Å²) in [6.45, 7) is 2.06. The quantitative estimate of drug-likeness (QED) is 0.377. The van der Waals surface area contributed by atoms with Crippen LogP contribution in [0.3, 0.4) is 0 Å².